The monoisotopic (exact) mass is 280 g/mol. The molecule has 6 heteroatoms. The zero-order valence-corrected chi connectivity index (χ0v) is 10.5. The largest absolute Gasteiger partial charge is 0.367 e. The van der Waals surface area contributed by atoms with Crippen molar-refractivity contribution >= 4 is 17.5 Å². The fourth-order valence-corrected chi connectivity index (χ4v) is 1.72. The smallest absolute Gasteiger partial charge is 0.257 e. The van der Waals surface area contributed by atoms with Crippen molar-refractivity contribution in [1.82, 2.24) is 10.3 Å². The van der Waals surface area contributed by atoms with Crippen LogP contribution >= 0.6 is 11.6 Å². The lowest BCUT2D eigenvalue weighted by Crippen LogP contribution is -2.27. The van der Waals surface area contributed by atoms with Gasteiger partial charge in [-0.2, -0.15) is 0 Å². The van der Waals surface area contributed by atoms with Gasteiger partial charge in [0.25, 0.3) is 5.91 Å². The molecule has 0 saturated heterocycles. The van der Waals surface area contributed by atoms with E-state index in [-0.39, 0.29) is 22.6 Å². The number of pyridine rings is 1. The number of hydrogen-bond donors (Lipinski definition) is 2. The average molecular weight is 281 g/mol. The van der Waals surface area contributed by atoms with Gasteiger partial charge in [0.2, 0.25) is 0 Å². The summed E-state index contributed by atoms with van der Waals surface area (Å²) < 4.78 is 13.0. The van der Waals surface area contributed by atoms with Crippen LogP contribution < -0.4 is 10.7 Å². The van der Waals surface area contributed by atoms with E-state index in [0.717, 1.165) is 0 Å². The van der Waals surface area contributed by atoms with Gasteiger partial charge in [-0.1, -0.05) is 17.7 Å². The van der Waals surface area contributed by atoms with Crippen LogP contribution in [-0.4, -0.2) is 10.9 Å². The van der Waals surface area contributed by atoms with E-state index < -0.39 is 11.7 Å². The van der Waals surface area contributed by atoms with Gasteiger partial charge in [0.1, 0.15) is 11.4 Å². The second kappa shape index (κ2) is 5.67. The molecule has 0 aliphatic rings. The Labute approximate surface area is 113 Å². The van der Waals surface area contributed by atoms with Crippen LogP contribution in [0.5, 0.6) is 0 Å². The van der Waals surface area contributed by atoms with E-state index in [1.54, 1.807) is 0 Å². The van der Waals surface area contributed by atoms with Crippen LogP contribution in [-0.2, 0) is 6.54 Å². The van der Waals surface area contributed by atoms with Gasteiger partial charge in [0, 0.05) is 25.0 Å². The summed E-state index contributed by atoms with van der Waals surface area (Å²) in [5, 5.41) is 2.55. The lowest BCUT2D eigenvalue weighted by atomic mass is 10.2. The molecule has 2 N–H and O–H groups in total. The predicted octanol–water partition coefficient (Wildman–Crippen LogP) is 2.10. The number of nitrogens with one attached hydrogen (secondary N) is 2. The molecule has 0 spiro atoms. The summed E-state index contributed by atoms with van der Waals surface area (Å²) in [7, 11) is 0. The third kappa shape index (κ3) is 3.20. The number of rotatable bonds is 3. The van der Waals surface area contributed by atoms with Crippen LogP contribution in [0.1, 0.15) is 15.9 Å². The minimum Gasteiger partial charge on any atom is -0.367 e. The third-order valence-corrected chi connectivity index (χ3v) is 2.80. The molecule has 0 radical (unpaired) electrons. The van der Waals surface area contributed by atoms with Crippen LogP contribution in [0.25, 0.3) is 0 Å². The first-order valence-electron chi connectivity index (χ1n) is 5.47. The normalized spacial score (nSPS) is 10.2. The Bertz CT molecular complexity index is 670. The van der Waals surface area contributed by atoms with Gasteiger partial charge in [-0.3, -0.25) is 9.59 Å². The molecule has 2 aromatic rings. The summed E-state index contributed by atoms with van der Waals surface area (Å²) >= 11 is 5.63. The molecule has 4 nitrogen and oxygen atoms in total. The molecule has 19 heavy (non-hydrogen) atoms. The summed E-state index contributed by atoms with van der Waals surface area (Å²) in [5.74, 6) is -1.02. The molecule has 1 heterocycles. The zero-order valence-electron chi connectivity index (χ0n) is 9.74. The number of halogens is 2. The number of benzene rings is 1. The van der Waals surface area contributed by atoms with E-state index >= 15 is 0 Å². The minimum atomic E-state index is -0.517. The van der Waals surface area contributed by atoms with Gasteiger partial charge < -0.3 is 10.3 Å². The second-order valence-electron chi connectivity index (χ2n) is 3.85. The Kier molecular flexibility index (Phi) is 3.97. The topological polar surface area (TPSA) is 62.0 Å². The van der Waals surface area contributed by atoms with E-state index in [0.29, 0.717) is 5.56 Å². The summed E-state index contributed by atoms with van der Waals surface area (Å²) in [5.41, 5.74) is 0.302. The molecule has 0 fully saturated rings. The molecule has 1 amide bonds. The first-order valence-corrected chi connectivity index (χ1v) is 5.85. The van der Waals surface area contributed by atoms with Gasteiger partial charge in [0.05, 0.1) is 5.02 Å². The van der Waals surface area contributed by atoms with E-state index in [4.69, 9.17) is 11.6 Å². The molecule has 0 unspecified atom stereocenters. The van der Waals surface area contributed by atoms with E-state index in [9.17, 15) is 14.0 Å². The highest BCUT2D eigenvalue weighted by Crippen LogP contribution is 2.15. The third-order valence-electron chi connectivity index (χ3n) is 2.51. The molecule has 0 atom stereocenters. The van der Waals surface area contributed by atoms with Crippen molar-refractivity contribution in [3.63, 3.8) is 0 Å². The molecule has 1 aromatic carbocycles. The van der Waals surface area contributed by atoms with Crippen LogP contribution in [0.4, 0.5) is 4.39 Å². The maximum Gasteiger partial charge on any atom is 0.257 e. The molecule has 0 bridgehead atoms. The van der Waals surface area contributed by atoms with Crippen molar-refractivity contribution in [2.75, 3.05) is 0 Å². The number of aromatic amines is 1. The Morgan fingerprint density at radius 3 is 2.84 bits per heavy atom. The summed E-state index contributed by atoms with van der Waals surface area (Å²) in [6.07, 6.45) is 2.77. The highest BCUT2D eigenvalue weighted by molar-refractivity contribution is 6.30. The van der Waals surface area contributed by atoms with Crippen molar-refractivity contribution in [2.24, 2.45) is 0 Å². The summed E-state index contributed by atoms with van der Waals surface area (Å²) in [4.78, 5) is 25.8. The Hall–Kier alpha value is -2.14. The lowest BCUT2D eigenvalue weighted by Gasteiger charge is -2.05. The molecule has 1 aromatic heterocycles. The van der Waals surface area contributed by atoms with Gasteiger partial charge in [-0.15, -0.1) is 0 Å². The Morgan fingerprint density at radius 1 is 1.37 bits per heavy atom. The number of carbonyl (C=O) groups is 1. The number of H-pyrrole nitrogens is 1. The molecule has 98 valence electrons. The molecule has 2 rings (SSSR count). The van der Waals surface area contributed by atoms with Crippen molar-refractivity contribution in [2.45, 2.75) is 6.54 Å². The van der Waals surface area contributed by atoms with Gasteiger partial charge in [-0.05, 0) is 17.7 Å². The Balaban J connectivity index is 2.07. The number of amides is 1. The maximum absolute atomic E-state index is 13.0. The van der Waals surface area contributed by atoms with E-state index in [1.165, 1.54) is 36.7 Å². The summed E-state index contributed by atoms with van der Waals surface area (Å²) in [6, 6.07) is 5.42. The molecule has 0 saturated carbocycles. The highest BCUT2D eigenvalue weighted by Gasteiger charge is 2.09. The first-order chi connectivity index (χ1) is 9.08. The fraction of sp³-hybridized carbons (Fsp3) is 0.0769. The number of hydrogen-bond acceptors (Lipinski definition) is 2. The van der Waals surface area contributed by atoms with Crippen molar-refractivity contribution < 1.29 is 9.18 Å². The molecular formula is C13H10ClFN2O2. The maximum atomic E-state index is 13.0. The van der Waals surface area contributed by atoms with Crippen LogP contribution in [0.2, 0.25) is 5.02 Å². The quantitative estimate of drug-likeness (QED) is 0.904. The van der Waals surface area contributed by atoms with Gasteiger partial charge in [-0.25, -0.2) is 4.39 Å². The fourth-order valence-electron chi connectivity index (χ4n) is 1.52. The van der Waals surface area contributed by atoms with Crippen molar-refractivity contribution in [3.8, 4) is 0 Å². The van der Waals surface area contributed by atoms with Gasteiger partial charge >= 0.3 is 0 Å². The van der Waals surface area contributed by atoms with E-state index in [2.05, 4.69) is 10.3 Å². The highest BCUT2D eigenvalue weighted by atomic mass is 35.5. The molecule has 0 aliphatic heterocycles. The SMILES string of the molecule is O=C(NCc1ccc(F)c(Cl)c1)c1c[nH]ccc1=O. The Morgan fingerprint density at radius 2 is 2.16 bits per heavy atom. The average Bonchev–Trinajstić information content (AvgIpc) is 2.40. The zero-order chi connectivity index (χ0) is 13.8. The number of aromatic nitrogens is 1. The van der Waals surface area contributed by atoms with Gasteiger partial charge in [0.15, 0.2) is 5.43 Å². The molecule has 0 aliphatic carbocycles. The van der Waals surface area contributed by atoms with E-state index in [1.807, 2.05) is 0 Å². The standard InChI is InChI=1S/C13H10ClFN2O2/c14-10-5-8(1-2-11(10)15)6-17-13(19)9-7-16-4-3-12(9)18/h1-5,7H,6H2,(H,16,18)(H,17,19). The number of carbonyl (C=O) groups excluding carboxylic acids is 1. The van der Waals surface area contributed by atoms with Crippen LogP contribution in [0.15, 0.2) is 41.5 Å². The summed E-state index contributed by atoms with van der Waals surface area (Å²) in [6.45, 7) is 0.160. The van der Waals surface area contributed by atoms with Crippen LogP contribution in [0, 0.1) is 5.82 Å². The second-order valence-corrected chi connectivity index (χ2v) is 4.26. The predicted molar refractivity (Wildman–Crippen MR) is 69.6 cm³/mol. The van der Waals surface area contributed by atoms with Crippen LogP contribution in [0.3, 0.4) is 0 Å². The minimum absolute atomic E-state index is 0.00990. The van der Waals surface area contributed by atoms with Crippen molar-refractivity contribution in [3.05, 3.63) is 68.8 Å². The first kappa shape index (κ1) is 13.3. The lowest BCUT2D eigenvalue weighted by molar-refractivity contribution is 0.0949. The van der Waals surface area contributed by atoms with Crippen molar-refractivity contribution in [1.29, 1.82) is 0 Å². The molecular weight excluding hydrogens is 271 g/mol.